The highest BCUT2D eigenvalue weighted by atomic mass is 16.5. The van der Waals surface area contributed by atoms with Crippen LogP contribution >= 0.6 is 0 Å². The highest BCUT2D eigenvalue weighted by molar-refractivity contribution is 5.94. The molecule has 5 nitrogen and oxygen atoms in total. The van der Waals surface area contributed by atoms with Gasteiger partial charge in [-0.3, -0.25) is 14.7 Å². The van der Waals surface area contributed by atoms with Crippen LogP contribution in [0.1, 0.15) is 42.7 Å². The van der Waals surface area contributed by atoms with Crippen LogP contribution in [0.25, 0.3) is 0 Å². The van der Waals surface area contributed by atoms with Crippen molar-refractivity contribution in [1.29, 1.82) is 0 Å². The van der Waals surface area contributed by atoms with Crippen LogP contribution in [0.15, 0.2) is 18.3 Å². The Morgan fingerprint density at radius 3 is 2.83 bits per heavy atom. The SMILES string of the molecule is Cc1ccc(C(=O)N2CCCC3(COCCN(C(C)C)C3)C2)cn1. The molecule has 0 aliphatic carbocycles. The predicted octanol–water partition coefficient (Wildman–Crippen LogP) is 2.35. The molecule has 0 aromatic carbocycles. The topological polar surface area (TPSA) is 45.7 Å². The van der Waals surface area contributed by atoms with Gasteiger partial charge in [0.1, 0.15) is 0 Å². The summed E-state index contributed by atoms with van der Waals surface area (Å²) in [5, 5.41) is 0. The van der Waals surface area contributed by atoms with Gasteiger partial charge in [0, 0.05) is 49.5 Å². The molecule has 0 saturated carbocycles. The molecule has 0 bridgehead atoms. The number of carbonyl (C=O) groups excluding carboxylic acids is 1. The van der Waals surface area contributed by atoms with Crippen LogP contribution in [0.3, 0.4) is 0 Å². The molecular weight excluding hydrogens is 302 g/mol. The lowest BCUT2D eigenvalue weighted by atomic mass is 9.79. The Bertz CT molecular complexity index is 572. The van der Waals surface area contributed by atoms with Crippen molar-refractivity contribution in [3.63, 3.8) is 0 Å². The summed E-state index contributed by atoms with van der Waals surface area (Å²) >= 11 is 0. The van der Waals surface area contributed by atoms with Gasteiger partial charge >= 0.3 is 0 Å². The standard InChI is InChI=1S/C19H29N3O2/c1-15(2)21-9-10-24-14-19(12-21)7-4-8-22(13-19)18(23)17-6-5-16(3)20-11-17/h5-6,11,15H,4,7-10,12-14H2,1-3H3. The van der Waals surface area contributed by atoms with Gasteiger partial charge in [-0.25, -0.2) is 0 Å². The molecule has 2 aliphatic heterocycles. The van der Waals surface area contributed by atoms with E-state index in [1.165, 1.54) is 0 Å². The van der Waals surface area contributed by atoms with Crippen molar-refractivity contribution < 1.29 is 9.53 Å². The molecule has 0 radical (unpaired) electrons. The largest absolute Gasteiger partial charge is 0.379 e. The maximum Gasteiger partial charge on any atom is 0.255 e. The Kier molecular flexibility index (Phi) is 5.21. The van der Waals surface area contributed by atoms with Gasteiger partial charge in [0.05, 0.1) is 18.8 Å². The molecule has 1 spiro atoms. The molecule has 1 unspecified atom stereocenters. The third-order valence-corrected chi connectivity index (χ3v) is 5.31. The van der Waals surface area contributed by atoms with E-state index in [0.717, 1.165) is 57.9 Å². The number of aryl methyl sites for hydroxylation is 1. The normalized spacial score (nSPS) is 25.9. The lowest BCUT2D eigenvalue weighted by Gasteiger charge is -2.44. The summed E-state index contributed by atoms with van der Waals surface area (Å²) in [7, 11) is 0. The summed E-state index contributed by atoms with van der Waals surface area (Å²) in [6, 6.07) is 4.30. The number of likely N-dealkylation sites (tertiary alicyclic amines) is 1. The quantitative estimate of drug-likeness (QED) is 0.834. The van der Waals surface area contributed by atoms with Gasteiger partial charge in [-0.05, 0) is 45.7 Å². The summed E-state index contributed by atoms with van der Waals surface area (Å²) in [5.41, 5.74) is 1.69. The molecule has 3 rings (SSSR count). The zero-order valence-corrected chi connectivity index (χ0v) is 15.1. The van der Waals surface area contributed by atoms with E-state index in [-0.39, 0.29) is 11.3 Å². The Balaban J connectivity index is 1.75. The third kappa shape index (κ3) is 3.78. The van der Waals surface area contributed by atoms with Crippen molar-refractivity contribution >= 4 is 5.91 Å². The lowest BCUT2D eigenvalue weighted by Crippen LogP contribution is -2.53. The van der Waals surface area contributed by atoms with Crippen LogP contribution in [0.5, 0.6) is 0 Å². The Morgan fingerprint density at radius 2 is 2.12 bits per heavy atom. The molecule has 2 aliphatic rings. The molecule has 1 aromatic rings. The van der Waals surface area contributed by atoms with Crippen LogP contribution in [0, 0.1) is 12.3 Å². The van der Waals surface area contributed by atoms with Crippen molar-refractivity contribution in [2.24, 2.45) is 5.41 Å². The van der Waals surface area contributed by atoms with Crippen molar-refractivity contribution in [2.45, 2.75) is 39.7 Å². The summed E-state index contributed by atoms with van der Waals surface area (Å²) in [5.74, 6) is 0.0990. The van der Waals surface area contributed by atoms with Crippen LogP contribution in [0.2, 0.25) is 0 Å². The predicted molar refractivity (Wildman–Crippen MR) is 94.1 cm³/mol. The van der Waals surface area contributed by atoms with Gasteiger partial charge in [0.2, 0.25) is 0 Å². The average Bonchev–Trinajstić information content (AvgIpc) is 2.78. The Hall–Kier alpha value is -1.46. The monoisotopic (exact) mass is 331 g/mol. The van der Waals surface area contributed by atoms with Crippen molar-refractivity contribution in [1.82, 2.24) is 14.8 Å². The molecular formula is C19H29N3O2. The first-order chi connectivity index (χ1) is 11.5. The summed E-state index contributed by atoms with van der Waals surface area (Å²) < 4.78 is 5.93. The van der Waals surface area contributed by atoms with Gasteiger partial charge in [0.15, 0.2) is 0 Å². The van der Waals surface area contributed by atoms with Gasteiger partial charge in [-0.1, -0.05) is 0 Å². The number of carbonyl (C=O) groups is 1. The van der Waals surface area contributed by atoms with Crippen LogP contribution in [-0.4, -0.2) is 66.1 Å². The fourth-order valence-electron chi connectivity index (χ4n) is 3.87. The van der Waals surface area contributed by atoms with Gasteiger partial charge in [0.25, 0.3) is 5.91 Å². The first-order valence-corrected chi connectivity index (χ1v) is 9.03. The van der Waals surface area contributed by atoms with E-state index in [0.29, 0.717) is 11.6 Å². The second kappa shape index (κ2) is 7.19. The zero-order chi connectivity index (χ0) is 17.2. The smallest absolute Gasteiger partial charge is 0.255 e. The molecule has 2 saturated heterocycles. The molecule has 5 heteroatoms. The lowest BCUT2D eigenvalue weighted by molar-refractivity contribution is 0.00571. The van der Waals surface area contributed by atoms with E-state index >= 15 is 0 Å². The molecule has 3 heterocycles. The zero-order valence-electron chi connectivity index (χ0n) is 15.1. The first kappa shape index (κ1) is 17.4. The average molecular weight is 331 g/mol. The number of piperidine rings is 1. The molecule has 132 valence electrons. The third-order valence-electron chi connectivity index (χ3n) is 5.31. The van der Waals surface area contributed by atoms with E-state index in [2.05, 4.69) is 23.7 Å². The van der Waals surface area contributed by atoms with Gasteiger partial charge in [-0.15, -0.1) is 0 Å². The number of hydrogen-bond donors (Lipinski definition) is 0. The van der Waals surface area contributed by atoms with E-state index in [4.69, 9.17) is 4.74 Å². The molecule has 2 fully saturated rings. The maximum atomic E-state index is 12.9. The van der Waals surface area contributed by atoms with E-state index in [1.807, 2.05) is 24.0 Å². The Morgan fingerprint density at radius 1 is 1.29 bits per heavy atom. The van der Waals surface area contributed by atoms with Crippen LogP contribution < -0.4 is 0 Å². The highest BCUT2D eigenvalue weighted by Crippen LogP contribution is 2.34. The summed E-state index contributed by atoms with van der Waals surface area (Å²) in [4.78, 5) is 21.6. The molecule has 1 atom stereocenters. The van der Waals surface area contributed by atoms with Gasteiger partial charge < -0.3 is 9.64 Å². The maximum absolute atomic E-state index is 12.9. The first-order valence-electron chi connectivity index (χ1n) is 9.03. The minimum atomic E-state index is 0.0623. The number of hydrogen-bond acceptors (Lipinski definition) is 4. The van der Waals surface area contributed by atoms with Crippen molar-refractivity contribution in [2.75, 3.05) is 39.4 Å². The number of pyridine rings is 1. The number of nitrogens with zero attached hydrogens (tertiary/aromatic N) is 3. The highest BCUT2D eigenvalue weighted by Gasteiger charge is 2.40. The Labute approximate surface area is 145 Å². The van der Waals surface area contributed by atoms with Crippen molar-refractivity contribution in [3.05, 3.63) is 29.6 Å². The fourth-order valence-corrected chi connectivity index (χ4v) is 3.87. The second-order valence-corrected chi connectivity index (χ2v) is 7.64. The van der Waals surface area contributed by atoms with E-state index in [1.54, 1.807) is 6.20 Å². The van der Waals surface area contributed by atoms with E-state index in [9.17, 15) is 4.79 Å². The second-order valence-electron chi connectivity index (χ2n) is 7.64. The van der Waals surface area contributed by atoms with E-state index < -0.39 is 0 Å². The number of aromatic nitrogens is 1. The van der Waals surface area contributed by atoms with Crippen LogP contribution in [0.4, 0.5) is 0 Å². The number of ether oxygens (including phenoxy) is 1. The number of rotatable bonds is 2. The fraction of sp³-hybridized carbons (Fsp3) is 0.684. The number of amides is 1. The molecule has 1 aromatic heterocycles. The van der Waals surface area contributed by atoms with Gasteiger partial charge in [-0.2, -0.15) is 0 Å². The summed E-state index contributed by atoms with van der Waals surface area (Å²) in [6.07, 6.45) is 3.87. The molecule has 1 amide bonds. The molecule has 24 heavy (non-hydrogen) atoms. The summed E-state index contributed by atoms with van der Waals surface area (Å²) in [6.45, 7) is 11.6. The van der Waals surface area contributed by atoms with Crippen molar-refractivity contribution in [3.8, 4) is 0 Å². The molecule has 0 N–H and O–H groups in total. The minimum absolute atomic E-state index is 0.0623. The minimum Gasteiger partial charge on any atom is -0.379 e. The van der Waals surface area contributed by atoms with Crippen LogP contribution in [-0.2, 0) is 4.74 Å².